The number of aromatic nitrogens is 2. The van der Waals surface area contributed by atoms with Crippen LogP contribution in [0.25, 0.3) is 0 Å². The summed E-state index contributed by atoms with van der Waals surface area (Å²) in [5.41, 5.74) is 4.32. The number of methoxy groups -OCH3 is 1. The lowest BCUT2D eigenvalue weighted by Gasteiger charge is -2.34. The Morgan fingerprint density at radius 1 is 1.61 bits per heavy atom. The van der Waals surface area contributed by atoms with E-state index in [-0.39, 0.29) is 6.04 Å². The Kier molecular flexibility index (Phi) is 3.64. The molecule has 0 spiro atoms. The first-order valence-corrected chi connectivity index (χ1v) is 6.53. The summed E-state index contributed by atoms with van der Waals surface area (Å²) >= 11 is 0. The average Bonchev–Trinajstić information content (AvgIpc) is 2.85. The van der Waals surface area contributed by atoms with Gasteiger partial charge in [-0.15, -0.1) is 0 Å². The monoisotopic (exact) mass is 252 g/mol. The van der Waals surface area contributed by atoms with Gasteiger partial charge < -0.3 is 4.74 Å². The second-order valence-electron chi connectivity index (χ2n) is 5.85. The zero-order chi connectivity index (χ0) is 13.3. The van der Waals surface area contributed by atoms with E-state index in [0.29, 0.717) is 11.3 Å². The molecule has 2 rings (SSSR count). The number of ether oxygens (including phenoxy) is 1. The summed E-state index contributed by atoms with van der Waals surface area (Å²) < 4.78 is 7.26. The molecule has 5 heteroatoms. The standard InChI is InChI=1S/C13H24N4O/c1-13(2)7-5-6-9(13)11(16-14)12-10(18-4)8-15-17(12)3/h8-9,11,16H,5-7,14H2,1-4H3. The number of aryl methyl sites for hydroxylation is 1. The fourth-order valence-electron chi connectivity index (χ4n) is 3.30. The minimum atomic E-state index is 0.0879. The largest absolute Gasteiger partial charge is 0.493 e. The summed E-state index contributed by atoms with van der Waals surface area (Å²) in [5.74, 6) is 7.13. The smallest absolute Gasteiger partial charge is 0.161 e. The molecule has 5 nitrogen and oxygen atoms in total. The van der Waals surface area contributed by atoms with Crippen LogP contribution >= 0.6 is 0 Å². The van der Waals surface area contributed by atoms with Crippen LogP contribution in [0.5, 0.6) is 5.75 Å². The van der Waals surface area contributed by atoms with Gasteiger partial charge in [-0.2, -0.15) is 5.10 Å². The minimum Gasteiger partial charge on any atom is -0.493 e. The Morgan fingerprint density at radius 2 is 2.33 bits per heavy atom. The van der Waals surface area contributed by atoms with Crippen molar-refractivity contribution in [3.05, 3.63) is 11.9 Å². The Balaban J connectivity index is 2.36. The molecular weight excluding hydrogens is 228 g/mol. The zero-order valence-corrected chi connectivity index (χ0v) is 11.7. The predicted molar refractivity (Wildman–Crippen MR) is 70.9 cm³/mol. The molecule has 1 saturated carbocycles. The molecule has 2 atom stereocenters. The number of hydrazine groups is 1. The fourth-order valence-corrected chi connectivity index (χ4v) is 3.30. The van der Waals surface area contributed by atoms with Crippen LogP contribution in [0.15, 0.2) is 6.20 Å². The van der Waals surface area contributed by atoms with E-state index in [4.69, 9.17) is 10.6 Å². The molecule has 0 aromatic carbocycles. The summed E-state index contributed by atoms with van der Waals surface area (Å²) in [6, 6.07) is 0.0879. The summed E-state index contributed by atoms with van der Waals surface area (Å²) in [7, 11) is 3.61. The normalized spacial score (nSPS) is 24.2. The fraction of sp³-hybridized carbons (Fsp3) is 0.769. The third kappa shape index (κ3) is 2.12. The van der Waals surface area contributed by atoms with E-state index in [9.17, 15) is 0 Å². The van der Waals surface area contributed by atoms with Crippen molar-refractivity contribution in [2.75, 3.05) is 7.11 Å². The molecule has 1 aromatic heterocycles. The van der Waals surface area contributed by atoms with Crippen LogP contribution in [-0.2, 0) is 7.05 Å². The van der Waals surface area contributed by atoms with Gasteiger partial charge in [-0.1, -0.05) is 20.3 Å². The Hall–Kier alpha value is -1.07. The Labute approximate surface area is 109 Å². The van der Waals surface area contributed by atoms with Gasteiger partial charge >= 0.3 is 0 Å². The predicted octanol–water partition coefficient (Wildman–Crippen LogP) is 1.76. The van der Waals surface area contributed by atoms with Gasteiger partial charge in [0.25, 0.3) is 0 Å². The number of rotatable bonds is 4. The Morgan fingerprint density at radius 3 is 2.83 bits per heavy atom. The Bertz CT molecular complexity index is 413. The van der Waals surface area contributed by atoms with Gasteiger partial charge in [0.2, 0.25) is 0 Å². The highest BCUT2D eigenvalue weighted by Crippen LogP contribution is 2.49. The van der Waals surface area contributed by atoms with Gasteiger partial charge in [-0.3, -0.25) is 16.0 Å². The maximum absolute atomic E-state index is 5.81. The molecule has 2 unspecified atom stereocenters. The second kappa shape index (κ2) is 4.90. The van der Waals surface area contributed by atoms with Crippen molar-refractivity contribution in [1.82, 2.24) is 15.2 Å². The molecule has 0 radical (unpaired) electrons. The quantitative estimate of drug-likeness (QED) is 0.633. The van der Waals surface area contributed by atoms with E-state index in [1.807, 2.05) is 11.7 Å². The van der Waals surface area contributed by atoms with E-state index in [2.05, 4.69) is 24.4 Å². The van der Waals surface area contributed by atoms with E-state index in [0.717, 1.165) is 11.4 Å². The van der Waals surface area contributed by atoms with E-state index < -0.39 is 0 Å². The molecule has 0 aliphatic heterocycles. The molecule has 1 aliphatic rings. The van der Waals surface area contributed by atoms with Crippen molar-refractivity contribution < 1.29 is 4.74 Å². The first-order valence-electron chi connectivity index (χ1n) is 6.53. The van der Waals surface area contributed by atoms with E-state index >= 15 is 0 Å². The minimum absolute atomic E-state index is 0.0879. The van der Waals surface area contributed by atoms with Crippen LogP contribution in [0, 0.1) is 11.3 Å². The molecule has 1 aliphatic carbocycles. The molecule has 102 valence electrons. The maximum Gasteiger partial charge on any atom is 0.161 e. The van der Waals surface area contributed by atoms with Gasteiger partial charge in [0, 0.05) is 7.05 Å². The number of nitrogens with two attached hydrogens (primary N) is 1. The van der Waals surface area contributed by atoms with Gasteiger partial charge in [-0.05, 0) is 24.2 Å². The van der Waals surface area contributed by atoms with Gasteiger partial charge in [0.15, 0.2) is 5.75 Å². The highest BCUT2D eigenvalue weighted by atomic mass is 16.5. The van der Waals surface area contributed by atoms with Crippen LogP contribution in [0.1, 0.15) is 44.8 Å². The summed E-state index contributed by atoms with van der Waals surface area (Å²) in [6.07, 6.45) is 5.45. The number of nitrogens with one attached hydrogen (secondary N) is 1. The van der Waals surface area contributed by atoms with Crippen LogP contribution in [0.2, 0.25) is 0 Å². The van der Waals surface area contributed by atoms with Crippen molar-refractivity contribution in [3.8, 4) is 5.75 Å². The van der Waals surface area contributed by atoms with Crippen molar-refractivity contribution >= 4 is 0 Å². The number of nitrogens with zero attached hydrogens (tertiary/aromatic N) is 2. The van der Waals surface area contributed by atoms with E-state index in [1.54, 1.807) is 13.3 Å². The van der Waals surface area contributed by atoms with Crippen LogP contribution in [0.4, 0.5) is 0 Å². The van der Waals surface area contributed by atoms with Crippen molar-refractivity contribution in [3.63, 3.8) is 0 Å². The summed E-state index contributed by atoms with van der Waals surface area (Å²) in [5, 5.41) is 4.27. The second-order valence-corrected chi connectivity index (χ2v) is 5.85. The molecule has 18 heavy (non-hydrogen) atoms. The number of hydrogen-bond acceptors (Lipinski definition) is 4. The first-order chi connectivity index (χ1) is 8.51. The van der Waals surface area contributed by atoms with Gasteiger partial charge in [0.05, 0.1) is 25.0 Å². The molecule has 1 heterocycles. The summed E-state index contributed by atoms with van der Waals surface area (Å²) in [4.78, 5) is 0. The number of hydrogen-bond donors (Lipinski definition) is 2. The van der Waals surface area contributed by atoms with Gasteiger partial charge in [-0.25, -0.2) is 0 Å². The lowest BCUT2D eigenvalue weighted by molar-refractivity contribution is 0.190. The highest BCUT2D eigenvalue weighted by Gasteiger charge is 2.41. The molecule has 0 saturated heterocycles. The highest BCUT2D eigenvalue weighted by molar-refractivity contribution is 5.29. The molecule has 3 N–H and O–H groups in total. The molecule has 0 bridgehead atoms. The molecule has 0 amide bonds. The van der Waals surface area contributed by atoms with E-state index in [1.165, 1.54) is 19.3 Å². The molecular formula is C13H24N4O. The van der Waals surface area contributed by atoms with Gasteiger partial charge in [0.1, 0.15) is 0 Å². The molecule has 1 fully saturated rings. The third-order valence-corrected chi connectivity index (χ3v) is 4.39. The SMILES string of the molecule is COc1cnn(C)c1C(NN)C1CCCC1(C)C. The topological polar surface area (TPSA) is 65.1 Å². The van der Waals surface area contributed by atoms with Crippen molar-refractivity contribution in [2.45, 2.75) is 39.2 Å². The van der Waals surface area contributed by atoms with Crippen LogP contribution in [-0.4, -0.2) is 16.9 Å². The average molecular weight is 252 g/mol. The summed E-state index contributed by atoms with van der Waals surface area (Å²) in [6.45, 7) is 4.63. The van der Waals surface area contributed by atoms with Crippen molar-refractivity contribution in [1.29, 1.82) is 0 Å². The zero-order valence-electron chi connectivity index (χ0n) is 11.7. The molecule has 1 aromatic rings. The lowest BCUT2D eigenvalue weighted by Crippen LogP contribution is -2.39. The lowest BCUT2D eigenvalue weighted by atomic mass is 9.76. The van der Waals surface area contributed by atoms with Crippen LogP contribution in [0.3, 0.4) is 0 Å². The van der Waals surface area contributed by atoms with Crippen molar-refractivity contribution in [2.24, 2.45) is 24.2 Å². The third-order valence-electron chi connectivity index (χ3n) is 4.39. The first kappa shape index (κ1) is 13.4. The van der Waals surface area contributed by atoms with Crippen LogP contribution < -0.4 is 16.0 Å². The maximum atomic E-state index is 5.81.